The highest BCUT2D eigenvalue weighted by molar-refractivity contribution is 5.96. The Balaban J connectivity index is 3.42. The third-order valence-electron chi connectivity index (χ3n) is 2.89. The summed E-state index contributed by atoms with van der Waals surface area (Å²) in [4.78, 5) is 62.0. The van der Waals surface area contributed by atoms with E-state index in [-0.39, 0.29) is 0 Å². The van der Waals surface area contributed by atoms with Crippen LogP contribution in [0.1, 0.15) is 31.9 Å². The molecule has 12 heteroatoms. The lowest BCUT2D eigenvalue weighted by Gasteiger charge is -2.16. The van der Waals surface area contributed by atoms with E-state index in [0.29, 0.717) is 0 Å². The summed E-state index contributed by atoms with van der Waals surface area (Å²) in [7, 11) is 7.73. The van der Waals surface area contributed by atoms with Gasteiger partial charge >= 0.3 is 17.7 Å². The van der Waals surface area contributed by atoms with Gasteiger partial charge in [-0.25, -0.2) is 15.2 Å². The molecule has 0 unspecified atom stereocenters. The molecule has 0 aliphatic carbocycles. The molecule has 0 saturated heterocycles. The van der Waals surface area contributed by atoms with Gasteiger partial charge in [0.15, 0.2) is 0 Å². The minimum absolute atomic E-state index is 0.449. The van der Waals surface area contributed by atoms with Crippen LogP contribution in [0.4, 0.5) is 0 Å². The van der Waals surface area contributed by atoms with Gasteiger partial charge < -0.3 is 0 Å². The molecular weight excluding hydrogens is 324 g/mol. The first kappa shape index (κ1) is 19.3. The van der Waals surface area contributed by atoms with Crippen LogP contribution < -0.4 is 0 Å². The molecule has 0 aromatic carbocycles. The molecule has 24 heavy (non-hydrogen) atoms. The SMILES string of the molecule is CON(C)C(=O)c1nc(C(=O)N(C)OC)nc(C(=O)N(C)OC)n1. The number of carbonyl (C=O) groups excluding carboxylic acids is 3. The maximum atomic E-state index is 12.1. The van der Waals surface area contributed by atoms with Crippen molar-refractivity contribution in [3.63, 3.8) is 0 Å². The summed E-state index contributed by atoms with van der Waals surface area (Å²) in [5.74, 6) is -3.67. The van der Waals surface area contributed by atoms with Crippen molar-refractivity contribution in [1.82, 2.24) is 30.1 Å². The van der Waals surface area contributed by atoms with E-state index in [1.165, 1.54) is 42.5 Å². The van der Waals surface area contributed by atoms with Crippen molar-refractivity contribution >= 4 is 17.7 Å². The largest absolute Gasteiger partial charge is 0.315 e. The molecule has 1 aromatic heterocycles. The summed E-state index contributed by atoms with van der Waals surface area (Å²) in [5, 5.41) is 2.49. The first-order valence-electron chi connectivity index (χ1n) is 6.49. The molecule has 0 radical (unpaired) electrons. The standard InChI is InChI=1S/C12H18N6O6/c1-16(22-4)10(19)7-13-8(11(20)17(2)23-5)15-9(14-7)12(21)18(3)24-6/h1-6H3. The molecule has 3 amide bonds. The van der Waals surface area contributed by atoms with Crippen molar-refractivity contribution in [2.45, 2.75) is 0 Å². The Bertz CT molecular complexity index is 540. The zero-order chi connectivity index (χ0) is 18.4. The monoisotopic (exact) mass is 342 g/mol. The summed E-state index contributed by atoms with van der Waals surface area (Å²) >= 11 is 0. The molecule has 132 valence electrons. The Hall–Kier alpha value is -2.70. The van der Waals surface area contributed by atoms with Crippen LogP contribution >= 0.6 is 0 Å². The van der Waals surface area contributed by atoms with Gasteiger partial charge in [0.25, 0.3) is 0 Å². The second kappa shape index (κ2) is 8.24. The van der Waals surface area contributed by atoms with Gasteiger partial charge in [0.1, 0.15) is 0 Å². The lowest BCUT2D eigenvalue weighted by molar-refractivity contribution is -0.0785. The predicted octanol–water partition coefficient (Wildman–Crippen LogP) is -1.23. The third kappa shape index (κ3) is 4.18. The van der Waals surface area contributed by atoms with Crippen molar-refractivity contribution < 1.29 is 28.9 Å². The number of nitrogens with zero attached hydrogens (tertiary/aromatic N) is 6. The van der Waals surface area contributed by atoms with Crippen molar-refractivity contribution in [3.8, 4) is 0 Å². The molecular formula is C12H18N6O6. The van der Waals surface area contributed by atoms with Crippen molar-refractivity contribution in [1.29, 1.82) is 0 Å². The van der Waals surface area contributed by atoms with Crippen LogP contribution in [-0.2, 0) is 14.5 Å². The van der Waals surface area contributed by atoms with E-state index in [1.54, 1.807) is 0 Å². The topological polar surface area (TPSA) is 127 Å². The van der Waals surface area contributed by atoms with Gasteiger partial charge in [0.05, 0.1) is 21.3 Å². The quantitative estimate of drug-likeness (QED) is 0.584. The normalized spacial score (nSPS) is 10.2. The summed E-state index contributed by atoms with van der Waals surface area (Å²) in [6.07, 6.45) is 0. The van der Waals surface area contributed by atoms with E-state index < -0.39 is 35.2 Å². The summed E-state index contributed by atoms with van der Waals surface area (Å²) in [5.41, 5.74) is 0. The van der Waals surface area contributed by atoms with E-state index in [4.69, 9.17) is 14.5 Å². The molecule has 0 bridgehead atoms. The Morgan fingerprint density at radius 3 is 1.00 bits per heavy atom. The van der Waals surface area contributed by atoms with E-state index in [9.17, 15) is 14.4 Å². The highest BCUT2D eigenvalue weighted by Crippen LogP contribution is 2.05. The molecule has 0 spiro atoms. The zero-order valence-electron chi connectivity index (χ0n) is 14.1. The van der Waals surface area contributed by atoms with E-state index in [2.05, 4.69) is 15.0 Å². The van der Waals surface area contributed by atoms with Gasteiger partial charge in [0.2, 0.25) is 17.5 Å². The molecule has 1 heterocycles. The smallest absolute Gasteiger partial charge is 0.274 e. The Kier molecular flexibility index (Phi) is 6.64. The van der Waals surface area contributed by atoms with Crippen molar-refractivity contribution in [2.75, 3.05) is 42.5 Å². The van der Waals surface area contributed by atoms with Gasteiger partial charge in [-0.05, 0) is 0 Å². The molecule has 0 aliphatic rings. The molecule has 12 nitrogen and oxygen atoms in total. The number of amides is 3. The Labute approximate surface area is 137 Å². The predicted molar refractivity (Wildman–Crippen MR) is 77.1 cm³/mol. The lowest BCUT2D eigenvalue weighted by Crippen LogP contribution is -2.34. The number of hydrogen-bond acceptors (Lipinski definition) is 9. The van der Waals surface area contributed by atoms with E-state index >= 15 is 0 Å². The minimum atomic E-state index is -0.775. The number of hydrogen-bond donors (Lipinski definition) is 0. The third-order valence-corrected chi connectivity index (χ3v) is 2.89. The summed E-state index contributed by atoms with van der Waals surface area (Å²) in [6.45, 7) is 0. The fraction of sp³-hybridized carbons (Fsp3) is 0.500. The highest BCUT2D eigenvalue weighted by atomic mass is 16.7. The Morgan fingerprint density at radius 2 is 0.833 bits per heavy atom. The first-order valence-corrected chi connectivity index (χ1v) is 6.49. The lowest BCUT2D eigenvalue weighted by atomic mass is 10.4. The molecule has 1 rings (SSSR count). The van der Waals surface area contributed by atoms with Crippen molar-refractivity contribution in [3.05, 3.63) is 17.5 Å². The van der Waals surface area contributed by atoms with Gasteiger partial charge in [0, 0.05) is 21.1 Å². The zero-order valence-corrected chi connectivity index (χ0v) is 14.1. The maximum Gasteiger partial charge on any atom is 0.315 e. The van der Waals surface area contributed by atoms with Crippen LogP contribution in [0.5, 0.6) is 0 Å². The van der Waals surface area contributed by atoms with Crippen LogP contribution in [0, 0.1) is 0 Å². The number of carbonyl (C=O) groups is 3. The van der Waals surface area contributed by atoms with Crippen LogP contribution in [-0.4, -0.2) is 90.3 Å². The number of aromatic nitrogens is 3. The van der Waals surface area contributed by atoms with Gasteiger partial charge in [-0.15, -0.1) is 0 Å². The molecule has 0 atom stereocenters. The first-order chi connectivity index (χ1) is 11.3. The molecule has 0 fully saturated rings. The fourth-order valence-electron chi connectivity index (χ4n) is 1.33. The minimum Gasteiger partial charge on any atom is -0.274 e. The fourth-order valence-corrected chi connectivity index (χ4v) is 1.33. The summed E-state index contributed by atoms with van der Waals surface area (Å²) < 4.78 is 0. The molecule has 0 aliphatic heterocycles. The second-order valence-electron chi connectivity index (χ2n) is 4.26. The average molecular weight is 342 g/mol. The molecule has 0 N–H and O–H groups in total. The Morgan fingerprint density at radius 1 is 0.625 bits per heavy atom. The van der Waals surface area contributed by atoms with E-state index in [1.807, 2.05) is 0 Å². The van der Waals surface area contributed by atoms with Gasteiger partial charge in [-0.2, -0.15) is 15.0 Å². The average Bonchev–Trinajstić information content (AvgIpc) is 2.63. The molecule has 0 saturated carbocycles. The van der Waals surface area contributed by atoms with Crippen LogP contribution in [0.2, 0.25) is 0 Å². The van der Waals surface area contributed by atoms with E-state index in [0.717, 1.165) is 15.2 Å². The number of rotatable bonds is 6. The van der Waals surface area contributed by atoms with Crippen LogP contribution in [0.25, 0.3) is 0 Å². The second-order valence-corrected chi connectivity index (χ2v) is 4.26. The van der Waals surface area contributed by atoms with Gasteiger partial charge in [-0.1, -0.05) is 0 Å². The highest BCUT2D eigenvalue weighted by Gasteiger charge is 2.26. The van der Waals surface area contributed by atoms with Crippen LogP contribution in [0.15, 0.2) is 0 Å². The maximum absolute atomic E-state index is 12.1. The van der Waals surface area contributed by atoms with Crippen molar-refractivity contribution in [2.24, 2.45) is 0 Å². The summed E-state index contributed by atoms with van der Waals surface area (Å²) in [6, 6.07) is 0. The van der Waals surface area contributed by atoms with Gasteiger partial charge in [-0.3, -0.25) is 28.9 Å². The molecule has 1 aromatic rings. The van der Waals surface area contributed by atoms with Crippen LogP contribution in [0.3, 0.4) is 0 Å². The number of hydroxylamine groups is 6.